The van der Waals surface area contributed by atoms with Gasteiger partial charge in [0, 0.05) is 12.5 Å². The first-order valence-corrected chi connectivity index (χ1v) is 6.60. The molecule has 20 heavy (non-hydrogen) atoms. The van der Waals surface area contributed by atoms with E-state index in [9.17, 15) is 14.8 Å². The molecule has 1 N–H and O–H groups in total. The number of carbonyl (C=O) groups excluding carboxylic acids is 1. The third-order valence-corrected chi connectivity index (χ3v) is 3.91. The number of pyridine rings is 1. The van der Waals surface area contributed by atoms with E-state index in [4.69, 9.17) is 16.3 Å². The fraction of sp³-hybridized carbons (Fsp3) is 0.286. The Bertz CT molecular complexity index is 794. The van der Waals surface area contributed by atoms with Gasteiger partial charge in [-0.05, 0) is 18.9 Å². The molecule has 6 heteroatoms. The number of hydrogen-bond donors (Lipinski definition) is 1. The molecular formula is C14H12ClNO4. The Morgan fingerprint density at radius 1 is 1.30 bits per heavy atom. The molecule has 0 saturated heterocycles. The van der Waals surface area contributed by atoms with E-state index in [1.54, 1.807) is 0 Å². The number of methoxy groups -OCH3 is 1. The predicted octanol–water partition coefficient (Wildman–Crippen LogP) is 2.42. The summed E-state index contributed by atoms with van der Waals surface area (Å²) in [7, 11) is 1.45. The van der Waals surface area contributed by atoms with E-state index >= 15 is 0 Å². The largest absolute Gasteiger partial charge is 0.495 e. The first-order chi connectivity index (χ1) is 9.54. The summed E-state index contributed by atoms with van der Waals surface area (Å²) in [5.41, 5.74) is 0.356. The molecule has 104 valence electrons. The molecule has 0 aliphatic heterocycles. The van der Waals surface area contributed by atoms with Gasteiger partial charge in [0.25, 0.3) is 0 Å². The molecule has 1 aromatic carbocycles. The zero-order chi connectivity index (χ0) is 14.4. The van der Waals surface area contributed by atoms with Crippen molar-refractivity contribution in [3.05, 3.63) is 38.6 Å². The van der Waals surface area contributed by atoms with Crippen molar-refractivity contribution >= 4 is 28.3 Å². The minimum absolute atomic E-state index is 0.0764. The van der Waals surface area contributed by atoms with Crippen LogP contribution in [0.2, 0.25) is 5.02 Å². The number of ether oxygens (including phenoxy) is 1. The topological polar surface area (TPSA) is 68.5 Å². The number of nitrogens with zero attached hydrogens (tertiary/aromatic N) is 1. The highest BCUT2D eigenvalue weighted by atomic mass is 35.5. The first kappa shape index (κ1) is 13.0. The van der Waals surface area contributed by atoms with Crippen molar-refractivity contribution in [2.45, 2.75) is 19.3 Å². The maximum atomic E-state index is 12.4. The quantitative estimate of drug-likeness (QED) is 0.820. The van der Waals surface area contributed by atoms with Gasteiger partial charge < -0.3 is 9.94 Å². The Balaban J connectivity index is 2.48. The standard InChI is InChI=1S/C14H12ClNO4/c1-20-12-6-10-7(5-8(12)15)14(18)13-9(16(10)19)3-2-4-11(13)17/h5-6,19H,2-4H2,1H3. The maximum absolute atomic E-state index is 12.4. The lowest BCUT2D eigenvalue weighted by Crippen LogP contribution is -2.27. The van der Waals surface area contributed by atoms with Gasteiger partial charge in [-0.3, -0.25) is 9.59 Å². The minimum atomic E-state index is -0.380. The number of ketones is 1. The average molecular weight is 294 g/mol. The van der Waals surface area contributed by atoms with Crippen LogP contribution in [0, 0.1) is 0 Å². The number of hydrogen-bond acceptors (Lipinski definition) is 4. The summed E-state index contributed by atoms with van der Waals surface area (Å²) >= 11 is 6.01. The van der Waals surface area contributed by atoms with Gasteiger partial charge >= 0.3 is 0 Å². The smallest absolute Gasteiger partial charge is 0.200 e. The fourth-order valence-corrected chi connectivity index (χ4v) is 2.87. The molecule has 5 nitrogen and oxygen atoms in total. The van der Waals surface area contributed by atoms with Crippen LogP contribution >= 0.6 is 11.6 Å². The van der Waals surface area contributed by atoms with E-state index in [1.165, 1.54) is 19.2 Å². The number of fused-ring (bicyclic) bond motifs is 2. The van der Waals surface area contributed by atoms with E-state index in [2.05, 4.69) is 0 Å². The molecule has 0 spiro atoms. The molecule has 1 heterocycles. The number of halogens is 1. The summed E-state index contributed by atoms with van der Waals surface area (Å²) in [6.07, 6.45) is 1.45. The Morgan fingerprint density at radius 3 is 2.75 bits per heavy atom. The van der Waals surface area contributed by atoms with Crippen LogP contribution < -0.4 is 10.2 Å². The second-order valence-corrected chi connectivity index (χ2v) is 5.15. The lowest BCUT2D eigenvalue weighted by Gasteiger charge is -2.19. The van der Waals surface area contributed by atoms with E-state index in [0.717, 1.165) is 4.73 Å². The summed E-state index contributed by atoms with van der Waals surface area (Å²) in [4.78, 5) is 24.4. The van der Waals surface area contributed by atoms with E-state index in [0.29, 0.717) is 36.2 Å². The van der Waals surface area contributed by atoms with Crippen molar-refractivity contribution in [3.63, 3.8) is 0 Å². The summed E-state index contributed by atoms with van der Waals surface area (Å²) in [5, 5.41) is 10.8. The highest BCUT2D eigenvalue weighted by Crippen LogP contribution is 2.30. The predicted molar refractivity (Wildman–Crippen MR) is 74.2 cm³/mol. The molecule has 2 aromatic rings. The highest BCUT2D eigenvalue weighted by Gasteiger charge is 2.26. The molecule has 0 radical (unpaired) electrons. The number of aromatic nitrogens is 1. The Kier molecular flexibility index (Phi) is 2.94. The van der Waals surface area contributed by atoms with Crippen LogP contribution in [0.15, 0.2) is 16.9 Å². The molecule has 1 aliphatic rings. The monoisotopic (exact) mass is 293 g/mol. The van der Waals surface area contributed by atoms with Gasteiger partial charge in [0.2, 0.25) is 5.43 Å². The zero-order valence-corrected chi connectivity index (χ0v) is 11.5. The van der Waals surface area contributed by atoms with Crippen molar-refractivity contribution < 1.29 is 14.7 Å². The second-order valence-electron chi connectivity index (χ2n) is 4.74. The third kappa shape index (κ3) is 1.70. The van der Waals surface area contributed by atoms with Gasteiger partial charge in [0.15, 0.2) is 5.78 Å². The molecule has 3 rings (SSSR count). The Morgan fingerprint density at radius 2 is 2.05 bits per heavy atom. The molecule has 0 atom stereocenters. The van der Waals surface area contributed by atoms with E-state index in [-0.39, 0.29) is 27.2 Å². The molecule has 0 amide bonds. The lowest BCUT2D eigenvalue weighted by atomic mass is 9.93. The van der Waals surface area contributed by atoms with Crippen molar-refractivity contribution in [1.29, 1.82) is 0 Å². The van der Waals surface area contributed by atoms with Crippen molar-refractivity contribution in [2.75, 3.05) is 7.11 Å². The SMILES string of the molecule is COc1cc2c(cc1Cl)c(=O)c1c(n2O)CCCC1=O. The van der Waals surface area contributed by atoms with Crippen LogP contribution in [0.4, 0.5) is 0 Å². The summed E-state index contributed by atoms with van der Waals surface area (Å²) in [5.74, 6) is 0.136. The van der Waals surface area contributed by atoms with Gasteiger partial charge in [-0.2, -0.15) is 4.73 Å². The van der Waals surface area contributed by atoms with Gasteiger partial charge in [0.05, 0.1) is 34.3 Å². The molecule has 0 fully saturated rings. The average Bonchev–Trinajstić information content (AvgIpc) is 2.44. The minimum Gasteiger partial charge on any atom is -0.495 e. The maximum Gasteiger partial charge on any atom is 0.200 e. The normalized spacial score (nSPS) is 14.4. The van der Waals surface area contributed by atoms with Gasteiger partial charge in [-0.1, -0.05) is 11.6 Å². The van der Waals surface area contributed by atoms with Crippen LogP contribution in [-0.4, -0.2) is 22.8 Å². The third-order valence-electron chi connectivity index (χ3n) is 3.61. The number of carbonyl (C=O) groups is 1. The van der Waals surface area contributed by atoms with Gasteiger partial charge in [-0.15, -0.1) is 0 Å². The Hall–Kier alpha value is -2.01. The molecule has 1 aromatic heterocycles. The Labute approximate surface area is 119 Å². The number of Topliss-reactive ketones (excluding diaryl/α,β-unsaturated/α-hetero) is 1. The summed E-state index contributed by atoms with van der Waals surface area (Å²) in [6.45, 7) is 0. The number of benzene rings is 1. The zero-order valence-electron chi connectivity index (χ0n) is 10.8. The molecular weight excluding hydrogens is 282 g/mol. The lowest BCUT2D eigenvalue weighted by molar-refractivity contribution is 0.0959. The molecule has 0 saturated carbocycles. The second kappa shape index (κ2) is 4.52. The van der Waals surface area contributed by atoms with Crippen LogP contribution in [0.25, 0.3) is 10.9 Å². The molecule has 0 bridgehead atoms. The van der Waals surface area contributed by atoms with Crippen LogP contribution in [0.3, 0.4) is 0 Å². The van der Waals surface area contributed by atoms with Gasteiger partial charge in [0.1, 0.15) is 5.75 Å². The fourth-order valence-electron chi connectivity index (χ4n) is 2.63. The van der Waals surface area contributed by atoms with Crippen molar-refractivity contribution in [2.24, 2.45) is 0 Å². The molecule has 0 unspecified atom stereocenters. The highest BCUT2D eigenvalue weighted by molar-refractivity contribution is 6.32. The van der Waals surface area contributed by atoms with Crippen LogP contribution in [0.1, 0.15) is 28.9 Å². The number of rotatable bonds is 1. The summed E-state index contributed by atoms with van der Waals surface area (Å²) in [6, 6.07) is 2.92. The van der Waals surface area contributed by atoms with E-state index in [1.807, 2.05) is 0 Å². The van der Waals surface area contributed by atoms with Crippen LogP contribution in [-0.2, 0) is 6.42 Å². The van der Waals surface area contributed by atoms with E-state index < -0.39 is 0 Å². The summed E-state index contributed by atoms with van der Waals surface area (Å²) < 4.78 is 5.99. The molecule has 1 aliphatic carbocycles. The first-order valence-electron chi connectivity index (χ1n) is 6.22. The van der Waals surface area contributed by atoms with Crippen molar-refractivity contribution in [3.8, 4) is 5.75 Å². The van der Waals surface area contributed by atoms with Crippen molar-refractivity contribution in [1.82, 2.24) is 4.73 Å². The van der Waals surface area contributed by atoms with Gasteiger partial charge in [-0.25, -0.2) is 0 Å². The van der Waals surface area contributed by atoms with Crippen LogP contribution in [0.5, 0.6) is 5.75 Å².